The van der Waals surface area contributed by atoms with Crippen LogP contribution in [0.5, 0.6) is 0 Å². The molecule has 3 rings (SSSR count). The van der Waals surface area contributed by atoms with Crippen LogP contribution >= 0.6 is 0 Å². The zero-order chi connectivity index (χ0) is 19.8. The molecule has 2 aromatic carbocycles. The van der Waals surface area contributed by atoms with Crippen LogP contribution in [0.15, 0.2) is 65.6 Å². The lowest BCUT2D eigenvalue weighted by molar-refractivity contribution is -0.120. The van der Waals surface area contributed by atoms with Gasteiger partial charge in [0.25, 0.3) is 5.91 Å². The molecule has 0 aliphatic heterocycles. The third-order valence-electron chi connectivity index (χ3n) is 4.22. The lowest BCUT2D eigenvalue weighted by Gasteiger charge is -2.08. The number of rotatable bonds is 8. The second kappa shape index (κ2) is 9.36. The van der Waals surface area contributed by atoms with Crippen molar-refractivity contribution in [1.29, 1.82) is 0 Å². The number of anilines is 1. The highest BCUT2D eigenvalue weighted by Crippen LogP contribution is 2.07. The van der Waals surface area contributed by atoms with Crippen LogP contribution in [0.1, 0.15) is 16.8 Å². The highest BCUT2D eigenvalue weighted by Gasteiger charge is 2.13. The largest absolute Gasteiger partial charge is 0.385 e. The molecule has 3 aromatic rings. The Bertz CT molecular complexity index is 1010. The van der Waals surface area contributed by atoms with Gasteiger partial charge in [-0.25, -0.2) is 0 Å². The Kier molecular flexibility index (Phi) is 6.41. The van der Waals surface area contributed by atoms with E-state index < -0.39 is 5.91 Å². The van der Waals surface area contributed by atoms with Crippen molar-refractivity contribution in [2.24, 2.45) is 0 Å². The number of hydrogen-bond acceptors (Lipinski definition) is 4. The van der Waals surface area contributed by atoms with Crippen molar-refractivity contribution >= 4 is 28.4 Å². The minimum Gasteiger partial charge on any atom is -0.385 e. The number of para-hydroxylation sites is 2. The molecule has 7 heteroatoms. The quantitative estimate of drug-likeness (QED) is 0.449. The Morgan fingerprint density at radius 1 is 0.893 bits per heavy atom. The van der Waals surface area contributed by atoms with Gasteiger partial charge in [-0.2, -0.15) is 0 Å². The summed E-state index contributed by atoms with van der Waals surface area (Å²) in [7, 11) is 0. The van der Waals surface area contributed by atoms with Crippen LogP contribution in [0.4, 0.5) is 5.69 Å². The maximum absolute atomic E-state index is 12.4. The van der Waals surface area contributed by atoms with Gasteiger partial charge in [0.1, 0.15) is 5.56 Å². The first-order valence-electron chi connectivity index (χ1n) is 9.09. The van der Waals surface area contributed by atoms with Gasteiger partial charge >= 0.3 is 0 Å². The van der Waals surface area contributed by atoms with Gasteiger partial charge in [0.05, 0.1) is 6.54 Å². The molecular formula is C21H22N4O3. The molecule has 0 saturated heterocycles. The van der Waals surface area contributed by atoms with Gasteiger partial charge in [0, 0.05) is 35.9 Å². The molecule has 0 unspecified atom stereocenters. The molecule has 28 heavy (non-hydrogen) atoms. The standard InChI is InChI=1S/C21H22N4O3/c26-19(23-12-6-11-22-15-7-2-1-3-8-15)14-25-21(28)17-13-24-18-10-5-4-9-16(18)20(17)27/h1-5,7-10,13,22H,6,11-12,14H2,(H,23,26)(H,24,27)(H,25,28). The number of hydrogen-bond donors (Lipinski definition) is 4. The van der Waals surface area contributed by atoms with Crippen molar-refractivity contribution in [2.45, 2.75) is 6.42 Å². The summed E-state index contributed by atoms with van der Waals surface area (Å²) >= 11 is 0. The molecule has 144 valence electrons. The lowest BCUT2D eigenvalue weighted by Crippen LogP contribution is -2.39. The summed E-state index contributed by atoms with van der Waals surface area (Å²) < 4.78 is 0. The van der Waals surface area contributed by atoms with E-state index in [0.717, 1.165) is 18.7 Å². The van der Waals surface area contributed by atoms with Crippen molar-refractivity contribution in [3.05, 3.63) is 76.6 Å². The van der Waals surface area contributed by atoms with E-state index in [1.165, 1.54) is 6.20 Å². The summed E-state index contributed by atoms with van der Waals surface area (Å²) in [5, 5.41) is 8.91. The number of fused-ring (bicyclic) bond motifs is 1. The number of H-pyrrole nitrogens is 1. The monoisotopic (exact) mass is 378 g/mol. The van der Waals surface area contributed by atoms with Gasteiger partial charge < -0.3 is 20.9 Å². The lowest BCUT2D eigenvalue weighted by atomic mass is 10.1. The van der Waals surface area contributed by atoms with Crippen LogP contribution in [0, 0.1) is 0 Å². The van der Waals surface area contributed by atoms with Crippen molar-refractivity contribution < 1.29 is 9.59 Å². The van der Waals surface area contributed by atoms with Crippen molar-refractivity contribution in [3.8, 4) is 0 Å². The first-order valence-corrected chi connectivity index (χ1v) is 9.09. The molecule has 1 aromatic heterocycles. The number of nitrogens with one attached hydrogen (secondary N) is 4. The van der Waals surface area contributed by atoms with E-state index in [-0.39, 0.29) is 23.4 Å². The number of benzene rings is 2. The van der Waals surface area contributed by atoms with E-state index in [2.05, 4.69) is 20.9 Å². The third kappa shape index (κ3) is 4.97. The van der Waals surface area contributed by atoms with Gasteiger partial charge in [0.2, 0.25) is 11.3 Å². The topological polar surface area (TPSA) is 103 Å². The number of carbonyl (C=O) groups excluding carboxylic acids is 2. The minimum atomic E-state index is -0.576. The summed E-state index contributed by atoms with van der Waals surface area (Å²) in [6, 6.07) is 16.8. The van der Waals surface area contributed by atoms with Gasteiger partial charge in [0.15, 0.2) is 0 Å². The molecule has 0 atom stereocenters. The van der Waals surface area contributed by atoms with Crippen LogP contribution in [-0.4, -0.2) is 36.4 Å². The molecule has 1 heterocycles. The van der Waals surface area contributed by atoms with Gasteiger partial charge in [-0.15, -0.1) is 0 Å². The average Bonchev–Trinajstić information content (AvgIpc) is 2.73. The maximum atomic E-state index is 12.4. The summed E-state index contributed by atoms with van der Waals surface area (Å²) in [4.78, 5) is 39.4. The van der Waals surface area contributed by atoms with Crippen LogP contribution in [0.2, 0.25) is 0 Å². The van der Waals surface area contributed by atoms with Crippen LogP contribution in [-0.2, 0) is 4.79 Å². The average molecular weight is 378 g/mol. The Hall–Kier alpha value is -3.61. The summed E-state index contributed by atoms with van der Waals surface area (Å²) in [5.74, 6) is -0.877. The molecule has 4 N–H and O–H groups in total. The van der Waals surface area contributed by atoms with Gasteiger partial charge in [-0.3, -0.25) is 14.4 Å². The molecule has 0 saturated carbocycles. The van der Waals surface area contributed by atoms with Gasteiger partial charge in [-0.1, -0.05) is 30.3 Å². The second-order valence-corrected chi connectivity index (χ2v) is 6.26. The Balaban J connectivity index is 1.41. The third-order valence-corrected chi connectivity index (χ3v) is 4.22. The van der Waals surface area contributed by atoms with Gasteiger partial charge in [-0.05, 0) is 30.7 Å². The first kappa shape index (κ1) is 19.2. The summed E-state index contributed by atoms with van der Waals surface area (Å²) in [6.45, 7) is 1.03. The smallest absolute Gasteiger partial charge is 0.257 e. The van der Waals surface area contributed by atoms with Crippen LogP contribution in [0.25, 0.3) is 10.9 Å². The normalized spacial score (nSPS) is 10.4. The predicted octanol–water partition coefficient (Wildman–Crippen LogP) is 1.88. The summed E-state index contributed by atoms with van der Waals surface area (Å²) in [6.07, 6.45) is 2.12. The Morgan fingerprint density at radius 2 is 1.64 bits per heavy atom. The molecule has 0 fully saturated rings. The predicted molar refractivity (Wildman–Crippen MR) is 109 cm³/mol. The van der Waals surface area contributed by atoms with E-state index in [0.29, 0.717) is 17.4 Å². The highest BCUT2D eigenvalue weighted by atomic mass is 16.2. The minimum absolute atomic E-state index is 0.0152. The molecule has 7 nitrogen and oxygen atoms in total. The summed E-state index contributed by atoms with van der Waals surface area (Å²) in [5.41, 5.74) is 1.31. The van der Waals surface area contributed by atoms with Crippen LogP contribution in [0.3, 0.4) is 0 Å². The number of pyridine rings is 1. The van der Waals surface area contributed by atoms with Crippen molar-refractivity contribution in [1.82, 2.24) is 15.6 Å². The number of carbonyl (C=O) groups is 2. The molecule has 2 amide bonds. The Morgan fingerprint density at radius 3 is 2.46 bits per heavy atom. The number of amides is 2. The fraction of sp³-hybridized carbons (Fsp3) is 0.190. The first-order chi connectivity index (χ1) is 13.6. The molecular weight excluding hydrogens is 356 g/mol. The van der Waals surface area contributed by atoms with E-state index in [1.54, 1.807) is 24.3 Å². The SMILES string of the molecule is O=C(CNC(=O)c1c[nH]c2ccccc2c1=O)NCCCNc1ccccc1. The second-order valence-electron chi connectivity index (χ2n) is 6.26. The Labute approximate surface area is 162 Å². The molecule has 0 aliphatic carbocycles. The molecule has 0 spiro atoms. The van der Waals surface area contributed by atoms with E-state index in [4.69, 9.17) is 0 Å². The van der Waals surface area contributed by atoms with Crippen LogP contribution < -0.4 is 21.4 Å². The molecule has 0 bridgehead atoms. The number of aromatic nitrogens is 1. The van der Waals surface area contributed by atoms with E-state index in [9.17, 15) is 14.4 Å². The van der Waals surface area contributed by atoms with Crippen molar-refractivity contribution in [3.63, 3.8) is 0 Å². The zero-order valence-electron chi connectivity index (χ0n) is 15.3. The number of aromatic amines is 1. The fourth-order valence-corrected chi connectivity index (χ4v) is 2.76. The van der Waals surface area contributed by atoms with Crippen molar-refractivity contribution in [2.75, 3.05) is 25.0 Å². The highest BCUT2D eigenvalue weighted by molar-refractivity contribution is 5.98. The van der Waals surface area contributed by atoms with E-state index >= 15 is 0 Å². The van der Waals surface area contributed by atoms with E-state index in [1.807, 2.05) is 30.3 Å². The molecule has 0 radical (unpaired) electrons. The fourth-order valence-electron chi connectivity index (χ4n) is 2.76. The maximum Gasteiger partial charge on any atom is 0.257 e. The molecule has 0 aliphatic rings. The zero-order valence-corrected chi connectivity index (χ0v) is 15.3.